The Kier molecular flexibility index (Phi) is 4.18. The van der Waals surface area contributed by atoms with Crippen molar-refractivity contribution in [3.63, 3.8) is 0 Å². The molecule has 2 atom stereocenters. The van der Waals surface area contributed by atoms with Gasteiger partial charge in [-0.3, -0.25) is 4.79 Å². The predicted octanol–water partition coefficient (Wildman–Crippen LogP) is 0.670. The number of carbonyl (C=O) groups is 1. The zero-order valence-electron chi connectivity index (χ0n) is 10.00. The lowest BCUT2D eigenvalue weighted by Gasteiger charge is -2.19. The second-order valence-electron chi connectivity index (χ2n) is 4.84. The van der Waals surface area contributed by atoms with Crippen LogP contribution in [0.25, 0.3) is 0 Å². The van der Waals surface area contributed by atoms with Crippen molar-refractivity contribution in [1.82, 2.24) is 10.6 Å². The molecule has 2 aliphatic rings. The second kappa shape index (κ2) is 5.64. The van der Waals surface area contributed by atoms with Gasteiger partial charge in [0.05, 0.1) is 12.1 Å². The largest absolute Gasteiger partial charge is 0.376 e. The molecule has 0 aromatic carbocycles. The SMILES string of the molecule is CNCCCC(=O)NC1CCOC1C1CC1. The van der Waals surface area contributed by atoms with Crippen molar-refractivity contribution >= 4 is 5.91 Å². The molecule has 1 saturated heterocycles. The Morgan fingerprint density at radius 1 is 1.38 bits per heavy atom. The Bertz CT molecular complexity index is 241. The monoisotopic (exact) mass is 226 g/mol. The van der Waals surface area contributed by atoms with E-state index in [2.05, 4.69) is 10.6 Å². The summed E-state index contributed by atoms with van der Waals surface area (Å²) < 4.78 is 5.69. The van der Waals surface area contributed by atoms with E-state index >= 15 is 0 Å². The molecule has 4 heteroatoms. The quantitative estimate of drug-likeness (QED) is 0.655. The van der Waals surface area contributed by atoms with Crippen molar-refractivity contribution in [3.8, 4) is 0 Å². The lowest BCUT2D eigenvalue weighted by atomic mass is 10.1. The highest BCUT2D eigenvalue weighted by Crippen LogP contribution is 2.38. The molecule has 2 fully saturated rings. The van der Waals surface area contributed by atoms with E-state index in [4.69, 9.17) is 4.74 Å². The maximum Gasteiger partial charge on any atom is 0.220 e. The van der Waals surface area contributed by atoms with E-state index in [1.165, 1.54) is 12.8 Å². The zero-order chi connectivity index (χ0) is 11.4. The van der Waals surface area contributed by atoms with Gasteiger partial charge in [0.1, 0.15) is 0 Å². The maximum absolute atomic E-state index is 11.7. The summed E-state index contributed by atoms with van der Waals surface area (Å²) >= 11 is 0. The van der Waals surface area contributed by atoms with E-state index in [1.54, 1.807) is 0 Å². The molecular formula is C12H22N2O2. The highest BCUT2D eigenvalue weighted by Gasteiger charge is 2.40. The molecule has 1 heterocycles. The summed E-state index contributed by atoms with van der Waals surface area (Å²) in [7, 11) is 1.91. The summed E-state index contributed by atoms with van der Waals surface area (Å²) in [5.41, 5.74) is 0. The van der Waals surface area contributed by atoms with Gasteiger partial charge in [-0.2, -0.15) is 0 Å². The third-order valence-electron chi connectivity index (χ3n) is 3.40. The lowest BCUT2D eigenvalue weighted by Crippen LogP contribution is -2.41. The molecule has 4 nitrogen and oxygen atoms in total. The number of nitrogens with one attached hydrogen (secondary N) is 2. The van der Waals surface area contributed by atoms with Crippen LogP contribution in [0.2, 0.25) is 0 Å². The fourth-order valence-electron chi connectivity index (χ4n) is 2.36. The molecule has 2 N–H and O–H groups in total. The highest BCUT2D eigenvalue weighted by molar-refractivity contribution is 5.76. The summed E-state index contributed by atoms with van der Waals surface area (Å²) in [5, 5.41) is 6.17. The van der Waals surface area contributed by atoms with Crippen LogP contribution in [-0.4, -0.2) is 38.3 Å². The van der Waals surface area contributed by atoms with Gasteiger partial charge in [-0.05, 0) is 45.2 Å². The third kappa shape index (κ3) is 3.19. The first kappa shape index (κ1) is 11.9. The van der Waals surface area contributed by atoms with Crippen LogP contribution in [-0.2, 0) is 9.53 Å². The molecule has 0 aromatic rings. The molecule has 2 unspecified atom stereocenters. The van der Waals surface area contributed by atoms with Crippen molar-refractivity contribution in [2.24, 2.45) is 5.92 Å². The summed E-state index contributed by atoms with van der Waals surface area (Å²) in [6.07, 6.45) is 5.36. The van der Waals surface area contributed by atoms with Gasteiger partial charge in [-0.1, -0.05) is 0 Å². The first-order valence-electron chi connectivity index (χ1n) is 6.37. The minimum Gasteiger partial charge on any atom is -0.376 e. The number of rotatable bonds is 6. The minimum absolute atomic E-state index is 0.177. The third-order valence-corrected chi connectivity index (χ3v) is 3.40. The van der Waals surface area contributed by atoms with E-state index in [1.807, 2.05) is 7.05 Å². The van der Waals surface area contributed by atoms with Gasteiger partial charge in [0.15, 0.2) is 0 Å². The zero-order valence-corrected chi connectivity index (χ0v) is 10.00. The average molecular weight is 226 g/mol. The smallest absolute Gasteiger partial charge is 0.220 e. The number of ether oxygens (including phenoxy) is 1. The van der Waals surface area contributed by atoms with Gasteiger partial charge < -0.3 is 15.4 Å². The van der Waals surface area contributed by atoms with Gasteiger partial charge >= 0.3 is 0 Å². The van der Waals surface area contributed by atoms with Crippen LogP contribution in [0.5, 0.6) is 0 Å². The van der Waals surface area contributed by atoms with Crippen LogP contribution in [0.15, 0.2) is 0 Å². The van der Waals surface area contributed by atoms with E-state index in [0.29, 0.717) is 18.4 Å². The molecule has 16 heavy (non-hydrogen) atoms. The fraction of sp³-hybridized carbons (Fsp3) is 0.917. The molecule has 2 rings (SSSR count). The van der Waals surface area contributed by atoms with Crippen molar-refractivity contribution in [1.29, 1.82) is 0 Å². The molecule has 1 aliphatic heterocycles. The van der Waals surface area contributed by atoms with Gasteiger partial charge in [0, 0.05) is 13.0 Å². The van der Waals surface area contributed by atoms with Crippen LogP contribution in [0, 0.1) is 5.92 Å². The number of hydrogen-bond acceptors (Lipinski definition) is 3. The summed E-state index contributed by atoms with van der Waals surface area (Å²) in [6, 6.07) is 0.273. The van der Waals surface area contributed by atoms with Crippen LogP contribution < -0.4 is 10.6 Å². The Morgan fingerprint density at radius 3 is 2.88 bits per heavy atom. The topological polar surface area (TPSA) is 50.4 Å². The van der Waals surface area contributed by atoms with Crippen molar-refractivity contribution < 1.29 is 9.53 Å². The standard InChI is InChI=1S/C12H22N2O2/c1-13-7-2-3-11(15)14-10-6-8-16-12(10)9-4-5-9/h9-10,12-13H,2-8H2,1H3,(H,14,15). The first-order valence-corrected chi connectivity index (χ1v) is 6.37. The van der Waals surface area contributed by atoms with E-state index in [0.717, 1.165) is 26.0 Å². The second-order valence-corrected chi connectivity index (χ2v) is 4.84. The van der Waals surface area contributed by atoms with Crippen molar-refractivity contribution in [3.05, 3.63) is 0 Å². The predicted molar refractivity (Wildman–Crippen MR) is 62.2 cm³/mol. The first-order chi connectivity index (χ1) is 7.81. The molecule has 0 spiro atoms. The van der Waals surface area contributed by atoms with Gasteiger partial charge in [0.25, 0.3) is 0 Å². The van der Waals surface area contributed by atoms with Crippen LogP contribution in [0.1, 0.15) is 32.1 Å². The van der Waals surface area contributed by atoms with Crippen molar-refractivity contribution in [2.75, 3.05) is 20.2 Å². The molecular weight excluding hydrogens is 204 g/mol. The van der Waals surface area contributed by atoms with Gasteiger partial charge in [0.2, 0.25) is 5.91 Å². The summed E-state index contributed by atoms with van der Waals surface area (Å²) in [4.78, 5) is 11.7. The molecule has 0 radical (unpaired) electrons. The summed E-state index contributed by atoms with van der Waals surface area (Å²) in [6.45, 7) is 1.71. The van der Waals surface area contributed by atoms with E-state index < -0.39 is 0 Å². The van der Waals surface area contributed by atoms with Gasteiger partial charge in [-0.15, -0.1) is 0 Å². The molecule has 1 amide bonds. The number of amides is 1. The van der Waals surface area contributed by atoms with Gasteiger partial charge in [-0.25, -0.2) is 0 Å². The summed E-state index contributed by atoms with van der Waals surface area (Å²) in [5.74, 6) is 0.890. The van der Waals surface area contributed by atoms with Crippen LogP contribution >= 0.6 is 0 Å². The Balaban J connectivity index is 1.69. The van der Waals surface area contributed by atoms with E-state index in [-0.39, 0.29) is 11.9 Å². The Hall–Kier alpha value is -0.610. The molecule has 0 bridgehead atoms. The molecule has 1 aliphatic carbocycles. The Morgan fingerprint density at radius 2 is 2.19 bits per heavy atom. The number of carbonyl (C=O) groups excluding carboxylic acids is 1. The Labute approximate surface area is 97.1 Å². The lowest BCUT2D eigenvalue weighted by molar-refractivity contribution is -0.122. The molecule has 0 aromatic heterocycles. The molecule has 92 valence electrons. The highest BCUT2D eigenvalue weighted by atomic mass is 16.5. The van der Waals surface area contributed by atoms with Crippen molar-refractivity contribution in [2.45, 2.75) is 44.2 Å². The average Bonchev–Trinajstić information content (AvgIpc) is 3.01. The maximum atomic E-state index is 11.7. The van der Waals surface area contributed by atoms with E-state index in [9.17, 15) is 4.79 Å². The van der Waals surface area contributed by atoms with Crippen LogP contribution in [0.3, 0.4) is 0 Å². The van der Waals surface area contributed by atoms with Crippen LogP contribution in [0.4, 0.5) is 0 Å². The molecule has 1 saturated carbocycles. The normalized spacial score (nSPS) is 29.3. The minimum atomic E-state index is 0.177. The number of hydrogen-bond donors (Lipinski definition) is 2. The fourth-order valence-corrected chi connectivity index (χ4v) is 2.36.